The van der Waals surface area contributed by atoms with Crippen LogP contribution in [0.4, 0.5) is 4.79 Å². The highest BCUT2D eigenvalue weighted by molar-refractivity contribution is 5.74. The topological polar surface area (TPSA) is 112 Å². The number of hydrogen-bond acceptors (Lipinski definition) is 7. The lowest BCUT2D eigenvalue weighted by atomic mass is 9.96. The smallest absolute Gasteiger partial charge is 0.315 e. The summed E-state index contributed by atoms with van der Waals surface area (Å²) in [5, 5.41) is 18.4. The van der Waals surface area contributed by atoms with Gasteiger partial charge in [0.25, 0.3) is 0 Å². The van der Waals surface area contributed by atoms with Crippen molar-refractivity contribution in [3.05, 3.63) is 24.3 Å². The molecule has 1 aromatic heterocycles. The van der Waals surface area contributed by atoms with Gasteiger partial charge >= 0.3 is 6.03 Å². The van der Waals surface area contributed by atoms with Crippen molar-refractivity contribution in [1.82, 2.24) is 30.8 Å². The fraction of sp³-hybridized carbons (Fsp3) is 0.619. The molecule has 0 radical (unpaired) electrons. The molecule has 3 heterocycles. The second-order valence-electron chi connectivity index (χ2n) is 8.40. The predicted molar refractivity (Wildman–Crippen MR) is 111 cm³/mol. The summed E-state index contributed by atoms with van der Waals surface area (Å²) >= 11 is 0. The minimum Gasteiger partial charge on any atom is -0.497 e. The van der Waals surface area contributed by atoms with Crippen molar-refractivity contribution in [2.75, 3.05) is 20.3 Å². The van der Waals surface area contributed by atoms with E-state index >= 15 is 0 Å². The van der Waals surface area contributed by atoms with Gasteiger partial charge < -0.3 is 24.8 Å². The van der Waals surface area contributed by atoms with Gasteiger partial charge in [0.05, 0.1) is 26.4 Å². The number of fused-ring (bicyclic) bond motifs is 1. The Balaban J connectivity index is 1.25. The Hall–Kier alpha value is -2.72. The summed E-state index contributed by atoms with van der Waals surface area (Å²) in [5.74, 6) is 1.36. The molecule has 0 spiro atoms. The van der Waals surface area contributed by atoms with Crippen LogP contribution in [0.2, 0.25) is 0 Å². The fourth-order valence-corrected chi connectivity index (χ4v) is 4.82. The van der Waals surface area contributed by atoms with Crippen molar-refractivity contribution in [3.8, 4) is 17.1 Å². The molecular weight excluding hydrogens is 400 g/mol. The first-order valence-corrected chi connectivity index (χ1v) is 11.0. The summed E-state index contributed by atoms with van der Waals surface area (Å²) in [6, 6.07) is 7.35. The molecule has 1 aromatic carbocycles. The van der Waals surface area contributed by atoms with Crippen LogP contribution in [0.15, 0.2) is 24.3 Å². The molecule has 10 heteroatoms. The first-order chi connectivity index (χ1) is 15.2. The maximum absolute atomic E-state index is 12.5. The van der Waals surface area contributed by atoms with Crippen molar-refractivity contribution >= 4 is 6.03 Å². The maximum Gasteiger partial charge on any atom is 0.315 e. The van der Waals surface area contributed by atoms with Gasteiger partial charge in [-0.1, -0.05) is 31.4 Å². The molecule has 2 aromatic rings. The van der Waals surface area contributed by atoms with Crippen molar-refractivity contribution in [3.63, 3.8) is 0 Å². The number of methoxy groups -OCH3 is 1. The van der Waals surface area contributed by atoms with E-state index in [9.17, 15) is 4.79 Å². The zero-order valence-electron chi connectivity index (χ0n) is 17.6. The van der Waals surface area contributed by atoms with E-state index in [1.165, 1.54) is 19.3 Å². The lowest BCUT2D eigenvalue weighted by Crippen LogP contribution is -2.50. The average Bonchev–Trinajstić information content (AvgIpc) is 3.52. The average molecular weight is 428 g/mol. The molecule has 3 fully saturated rings. The number of nitrogens with one attached hydrogen (secondary N) is 2. The number of carbonyl (C=O) groups is 1. The summed E-state index contributed by atoms with van der Waals surface area (Å²) < 4.78 is 19.2. The summed E-state index contributed by atoms with van der Waals surface area (Å²) in [7, 11) is 1.63. The molecule has 10 nitrogen and oxygen atoms in total. The first-order valence-electron chi connectivity index (χ1n) is 11.0. The van der Waals surface area contributed by atoms with Gasteiger partial charge in [-0.05, 0) is 35.4 Å². The lowest BCUT2D eigenvalue weighted by Gasteiger charge is -2.24. The van der Waals surface area contributed by atoms with Gasteiger partial charge in [-0.2, -0.15) is 0 Å². The molecule has 2 N–H and O–H groups in total. The van der Waals surface area contributed by atoms with Crippen LogP contribution >= 0.6 is 0 Å². The van der Waals surface area contributed by atoms with Gasteiger partial charge in [-0.3, -0.25) is 0 Å². The number of hydrogen-bond donors (Lipinski definition) is 2. The standard InChI is InChI=1S/C21H28N6O4/c1-29-15-9-5-6-13(10-15)20-24-25-26-27(20)17-12-31-18-16(11-30-19(17)18)23-21(28)22-14-7-3-2-4-8-14/h5-6,9-10,14,16-19H,2-4,7-8,11-12H2,1H3,(H2,22,23,28). The van der Waals surface area contributed by atoms with Crippen LogP contribution in [0.1, 0.15) is 38.1 Å². The van der Waals surface area contributed by atoms with Gasteiger partial charge in [0.15, 0.2) is 5.82 Å². The summed E-state index contributed by atoms with van der Waals surface area (Å²) in [6.45, 7) is 0.820. The molecule has 4 unspecified atom stereocenters. The Bertz CT molecular complexity index is 915. The number of ether oxygens (including phenoxy) is 3. The van der Waals surface area contributed by atoms with Crippen LogP contribution in [0.3, 0.4) is 0 Å². The Morgan fingerprint density at radius 2 is 1.97 bits per heavy atom. The van der Waals surface area contributed by atoms with Gasteiger partial charge in [0.1, 0.15) is 24.0 Å². The van der Waals surface area contributed by atoms with Crippen molar-refractivity contribution < 1.29 is 19.0 Å². The molecule has 2 aliphatic heterocycles. The number of tetrazole rings is 1. The molecule has 2 saturated heterocycles. The monoisotopic (exact) mass is 428 g/mol. The molecule has 5 rings (SSSR count). The molecule has 2 amide bonds. The number of aromatic nitrogens is 4. The number of urea groups is 1. The quantitative estimate of drug-likeness (QED) is 0.745. The predicted octanol–water partition coefficient (Wildman–Crippen LogP) is 1.69. The lowest BCUT2D eigenvalue weighted by molar-refractivity contribution is 0.0624. The number of amides is 2. The second kappa shape index (κ2) is 8.80. The first kappa shape index (κ1) is 20.2. The highest BCUT2D eigenvalue weighted by Crippen LogP contribution is 2.36. The van der Waals surface area contributed by atoms with Crippen LogP contribution in [-0.2, 0) is 9.47 Å². The van der Waals surface area contributed by atoms with E-state index in [4.69, 9.17) is 14.2 Å². The summed E-state index contributed by atoms with van der Waals surface area (Å²) in [6.07, 6.45) is 5.24. The molecule has 3 aliphatic rings. The maximum atomic E-state index is 12.5. The van der Waals surface area contributed by atoms with Crippen LogP contribution in [0, 0.1) is 0 Å². The van der Waals surface area contributed by atoms with E-state index in [1.807, 2.05) is 24.3 Å². The molecule has 166 valence electrons. The minimum atomic E-state index is -0.232. The van der Waals surface area contributed by atoms with Gasteiger partial charge in [-0.25, -0.2) is 9.48 Å². The van der Waals surface area contributed by atoms with E-state index in [1.54, 1.807) is 11.8 Å². The van der Waals surface area contributed by atoms with E-state index in [2.05, 4.69) is 26.2 Å². The number of rotatable bonds is 5. The molecule has 1 aliphatic carbocycles. The van der Waals surface area contributed by atoms with Gasteiger partial charge in [0.2, 0.25) is 0 Å². The van der Waals surface area contributed by atoms with Crippen LogP contribution in [0.5, 0.6) is 5.75 Å². The van der Waals surface area contributed by atoms with Crippen molar-refractivity contribution in [2.45, 2.75) is 62.4 Å². The summed E-state index contributed by atoms with van der Waals surface area (Å²) in [4.78, 5) is 12.5. The van der Waals surface area contributed by atoms with Crippen LogP contribution in [0.25, 0.3) is 11.4 Å². The van der Waals surface area contributed by atoms with Crippen LogP contribution in [-0.4, -0.2) is 70.9 Å². The highest BCUT2D eigenvalue weighted by atomic mass is 16.6. The Kier molecular flexibility index (Phi) is 5.73. The third kappa shape index (κ3) is 4.09. The number of carbonyl (C=O) groups excluding carboxylic acids is 1. The molecule has 4 atom stereocenters. The minimum absolute atomic E-state index is 0.146. The molecule has 1 saturated carbocycles. The molecule has 31 heavy (non-hydrogen) atoms. The third-order valence-corrected chi connectivity index (χ3v) is 6.42. The van der Waals surface area contributed by atoms with E-state index in [-0.39, 0.29) is 36.4 Å². The number of nitrogens with zero attached hydrogens (tertiary/aromatic N) is 4. The largest absolute Gasteiger partial charge is 0.497 e. The van der Waals surface area contributed by atoms with E-state index < -0.39 is 0 Å². The number of benzene rings is 1. The summed E-state index contributed by atoms with van der Waals surface area (Å²) in [5.41, 5.74) is 0.854. The normalized spacial score (nSPS) is 28.3. The van der Waals surface area contributed by atoms with Gasteiger partial charge in [-0.15, -0.1) is 5.10 Å². The van der Waals surface area contributed by atoms with Crippen molar-refractivity contribution in [1.29, 1.82) is 0 Å². The second-order valence-corrected chi connectivity index (χ2v) is 8.40. The zero-order valence-corrected chi connectivity index (χ0v) is 17.6. The molecular formula is C21H28N6O4. The van der Waals surface area contributed by atoms with Gasteiger partial charge in [0, 0.05) is 11.6 Å². The molecule has 0 bridgehead atoms. The van der Waals surface area contributed by atoms with Crippen molar-refractivity contribution in [2.24, 2.45) is 0 Å². The van der Waals surface area contributed by atoms with Crippen LogP contribution < -0.4 is 15.4 Å². The Labute approximate surface area is 180 Å². The Morgan fingerprint density at radius 3 is 2.81 bits per heavy atom. The Morgan fingerprint density at radius 1 is 1.13 bits per heavy atom. The van der Waals surface area contributed by atoms with E-state index in [0.29, 0.717) is 19.0 Å². The highest BCUT2D eigenvalue weighted by Gasteiger charge is 2.50. The zero-order chi connectivity index (χ0) is 21.2. The fourth-order valence-electron chi connectivity index (χ4n) is 4.82. The van der Waals surface area contributed by atoms with E-state index in [0.717, 1.165) is 24.2 Å². The SMILES string of the molecule is COc1cccc(-c2nnnn2C2COC3C(NC(=O)NC4CCCCC4)COC32)c1. The third-order valence-electron chi connectivity index (χ3n) is 6.42.